The molecule has 0 fully saturated rings. The first-order chi connectivity index (χ1) is 17.7. The summed E-state index contributed by atoms with van der Waals surface area (Å²) in [5, 5.41) is 157. The Morgan fingerprint density at radius 2 is 0.659 bits per heavy atom. The Hall–Kier alpha value is -0.671. The normalized spacial score (nSPS) is 19.4. The Labute approximate surface area is 263 Å². The summed E-state index contributed by atoms with van der Waals surface area (Å²) < 4.78 is 0. The van der Waals surface area contributed by atoms with Gasteiger partial charge in [0.25, 0.3) is 0 Å². The third-order valence-corrected chi connectivity index (χ3v) is 4.51. The third kappa shape index (κ3) is 19.3. The summed E-state index contributed by atoms with van der Waals surface area (Å²) in [6.07, 6.45) is -23.8. The van der Waals surface area contributed by atoms with Gasteiger partial charge in [-0.3, -0.25) is 0 Å². The first kappa shape index (κ1) is 50.0. The van der Waals surface area contributed by atoms with E-state index in [1.807, 2.05) is 0 Å². The third-order valence-electron chi connectivity index (χ3n) is 4.51. The molecule has 12 atom stereocenters. The number of aliphatic hydroxyl groups is 15. The molecule has 41 heavy (non-hydrogen) atoms. The minimum atomic E-state index is -2.31. The average Bonchev–Trinajstić information content (AvgIpc) is 2.92. The number of carboxylic acids is 3. The fourth-order valence-electron chi connectivity index (χ4n) is 2.00. The summed E-state index contributed by atoms with van der Waals surface area (Å²) in [5.41, 5.74) is 0. The van der Waals surface area contributed by atoms with Crippen LogP contribution in [0.4, 0.5) is 0 Å². The van der Waals surface area contributed by atoms with Crippen LogP contribution in [0.1, 0.15) is 0 Å². The number of hydrogen-bond acceptors (Lipinski definition) is 19. The van der Waals surface area contributed by atoms with Crippen LogP contribution in [0.15, 0.2) is 0 Å². The minimum Gasteiger partial charge on any atom is -0.547 e. The predicted octanol–water partition coefficient (Wildman–Crippen LogP) is -14.8. The molecule has 0 aromatic heterocycles. The molecule has 242 valence electrons. The molecule has 21 nitrogen and oxygen atoms in total. The van der Waals surface area contributed by atoms with Crippen LogP contribution in [0.5, 0.6) is 0 Å². The Morgan fingerprint density at radius 1 is 0.463 bits per heavy atom. The molecule has 0 saturated heterocycles. The van der Waals surface area contributed by atoms with E-state index in [1.54, 1.807) is 0 Å². The molecule has 17 N–H and O–H groups in total. The molecule has 0 spiro atoms. The van der Waals surface area contributed by atoms with E-state index in [4.69, 9.17) is 86.8 Å². The topological polar surface area (TPSA) is 418 Å². The molecule has 0 aliphatic heterocycles. The van der Waals surface area contributed by atoms with Crippen molar-refractivity contribution in [1.29, 1.82) is 0 Å². The van der Waals surface area contributed by atoms with E-state index in [2.05, 4.69) is 0 Å². The maximum Gasteiger partial charge on any atom is 1.00 e. The van der Waals surface area contributed by atoms with Crippen molar-refractivity contribution in [3.63, 3.8) is 0 Å². The fourth-order valence-corrected chi connectivity index (χ4v) is 2.00. The number of carbonyl (C=O) groups excluding carboxylic acids is 1. The van der Waals surface area contributed by atoms with Crippen LogP contribution in [0.25, 0.3) is 0 Å². The monoisotopic (exact) mass is 666 g/mol. The van der Waals surface area contributed by atoms with Crippen molar-refractivity contribution in [1.82, 2.24) is 0 Å². The Morgan fingerprint density at radius 3 is 0.805 bits per heavy atom. The van der Waals surface area contributed by atoms with Gasteiger partial charge < -0.3 is 96.7 Å². The first-order valence-corrected chi connectivity index (χ1v) is 10.4. The summed E-state index contributed by atoms with van der Waals surface area (Å²) in [6, 6.07) is 0. The van der Waals surface area contributed by atoms with Gasteiger partial charge in [-0.1, -0.05) is 0 Å². The maximum absolute atomic E-state index is 10.1. The summed E-state index contributed by atoms with van der Waals surface area (Å²) >= 11 is 0. The molecule has 0 amide bonds. The smallest absolute Gasteiger partial charge is 0.547 e. The van der Waals surface area contributed by atoms with Gasteiger partial charge >= 0.3 is 41.5 Å². The van der Waals surface area contributed by atoms with Crippen LogP contribution in [0.3, 0.4) is 0 Å². The van der Waals surface area contributed by atoms with Gasteiger partial charge in [0.2, 0.25) is 0 Å². The molecule has 0 saturated carbocycles. The summed E-state index contributed by atoms with van der Waals surface area (Å²) in [4.78, 5) is 30.2. The number of aliphatic carboxylic acids is 3. The Bertz CT molecular complexity index is 615. The van der Waals surface area contributed by atoms with Crippen LogP contribution >= 0.6 is 0 Å². The minimum absolute atomic E-state index is 0. The van der Waals surface area contributed by atoms with Crippen molar-refractivity contribution in [2.75, 3.05) is 19.8 Å². The molecule has 0 aromatic carbocycles. The van der Waals surface area contributed by atoms with Gasteiger partial charge in [0.05, 0.1) is 25.8 Å². The SMILES string of the molecule is O=C(O)[C@H](O)[C@@H](O)[C@H](O)[C@H](O)CO.O=C(O)[C@H](O)[C@@H](O)[C@H](O)[C@H](O)CO.O=C([O-])[C@H](O)[C@@H](O)[C@H](O)[C@H](O)CO.[Fe].[Na+]. The van der Waals surface area contributed by atoms with E-state index in [0.29, 0.717) is 0 Å². The van der Waals surface area contributed by atoms with E-state index in [0.717, 1.165) is 0 Å². The van der Waals surface area contributed by atoms with Crippen molar-refractivity contribution in [2.24, 2.45) is 0 Å². The Kier molecular flexibility index (Phi) is 31.4. The largest absolute Gasteiger partial charge is 1.00 e. The Balaban J connectivity index is -0.000000154. The van der Waals surface area contributed by atoms with Gasteiger partial charge in [-0.15, -0.1) is 0 Å². The quantitative estimate of drug-likeness (QED) is 0.0721. The second-order valence-corrected chi connectivity index (χ2v) is 7.52. The first-order valence-electron chi connectivity index (χ1n) is 10.4. The van der Waals surface area contributed by atoms with Gasteiger partial charge in [-0.05, 0) is 0 Å². The van der Waals surface area contributed by atoms with Crippen LogP contribution in [-0.4, -0.2) is 198 Å². The molecular weight excluding hydrogens is 631 g/mol. The van der Waals surface area contributed by atoms with Crippen molar-refractivity contribution < 1.29 is 153 Å². The zero-order chi connectivity index (χ0) is 31.8. The van der Waals surface area contributed by atoms with Gasteiger partial charge in [0.15, 0.2) is 12.2 Å². The fraction of sp³-hybridized carbons (Fsp3) is 0.833. The van der Waals surface area contributed by atoms with E-state index < -0.39 is 111 Å². The molecular formula is C18H35FeNaO21. The van der Waals surface area contributed by atoms with E-state index in [9.17, 15) is 19.5 Å². The maximum atomic E-state index is 10.1. The van der Waals surface area contributed by atoms with Crippen LogP contribution in [0.2, 0.25) is 0 Å². The number of carboxylic acid groups (broad SMARTS) is 3. The molecule has 0 heterocycles. The van der Waals surface area contributed by atoms with Gasteiger partial charge in [-0.25, -0.2) is 9.59 Å². The molecule has 0 rings (SSSR count). The second kappa shape index (κ2) is 25.8. The molecule has 0 bridgehead atoms. The van der Waals surface area contributed by atoms with Crippen molar-refractivity contribution in [3.8, 4) is 0 Å². The van der Waals surface area contributed by atoms with Crippen molar-refractivity contribution >= 4 is 17.9 Å². The van der Waals surface area contributed by atoms with Gasteiger partial charge in [0, 0.05) is 17.1 Å². The predicted molar refractivity (Wildman–Crippen MR) is 114 cm³/mol. The zero-order valence-corrected chi connectivity index (χ0v) is 24.2. The number of hydrogen-bond donors (Lipinski definition) is 17. The molecule has 0 radical (unpaired) electrons. The summed E-state index contributed by atoms with van der Waals surface area (Å²) in [7, 11) is 0. The molecule has 0 unspecified atom stereocenters. The van der Waals surface area contributed by atoms with Gasteiger partial charge in [-0.2, -0.15) is 0 Å². The molecule has 0 aliphatic carbocycles. The summed E-state index contributed by atoms with van der Waals surface area (Å²) in [6.45, 7) is -2.55. The average molecular weight is 666 g/mol. The molecule has 0 aliphatic rings. The number of rotatable bonds is 15. The molecule has 0 aromatic rings. The van der Waals surface area contributed by atoms with E-state index in [-0.39, 0.29) is 46.6 Å². The van der Waals surface area contributed by atoms with E-state index >= 15 is 0 Å². The number of carbonyl (C=O) groups is 3. The van der Waals surface area contributed by atoms with Crippen molar-refractivity contribution in [3.05, 3.63) is 0 Å². The molecule has 23 heteroatoms. The summed E-state index contributed by atoms with van der Waals surface area (Å²) in [5.74, 6) is -5.43. The van der Waals surface area contributed by atoms with Crippen LogP contribution in [0, 0.1) is 0 Å². The van der Waals surface area contributed by atoms with Gasteiger partial charge in [0.1, 0.15) is 61.0 Å². The number of aliphatic hydroxyl groups excluding tert-OH is 15. The van der Waals surface area contributed by atoms with Crippen LogP contribution < -0.4 is 34.7 Å². The van der Waals surface area contributed by atoms with Crippen LogP contribution in [-0.2, 0) is 31.5 Å². The standard InChI is InChI=1S/3C6H12O7.Fe.Na/c3*7-1-2(8)3(9)4(10)5(11)6(12)13;;/h3*2-5,7-11H,1H2,(H,12,13);;/q;;;;+1/p-1/t3*2-,3-,4+,5-;;/m111../s1. The zero-order valence-electron chi connectivity index (χ0n) is 21.1. The second-order valence-electron chi connectivity index (χ2n) is 7.52. The van der Waals surface area contributed by atoms with E-state index in [1.165, 1.54) is 0 Å². The van der Waals surface area contributed by atoms with Crippen molar-refractivity contribution in [2.45, 2.75) is 73.2 Å².